The van der Waals surface area contributed by atoms with Gasteiger partial charge in [-0.3, -0.25) is 4.79 Å². The number of rotatable bonds is 12. The number of benzene rings is 1. The summed E-state index contributed by atoms with van der Waals surface area (Å²) in [6.45, 7) is 0.417. The van der Waals surface area contributed by atoms with E-state index in [1.165, 1.54) is 44.8 Å². The van der Waals surface area contributed by atoms with Crippen LogP contribution in [0, 0.1) is 11.8 Å². The number of unbranched alkanes of at least 4 members (excludes halogenated alkanes) is 1. The smallest absolute Gasteiger partial charge is 0.360 e. The topological polar surface area (TPSA) is 98.9 Å². The third-order valence-corrected chi connectivity index (χ3v) is 8.59. The van der Waals surface area contributed by atoms with Crippen molar-refractivity contribution < 1.29 is 28.6 Å². The van der Waals surface area contributed by atoms with Crippen LogP contribution in [0.4, 0.5) is 0 Å². The molecule has 0 unspecified atom stereocenters. The van der Waals surface area contributed by atoms with Gasteiger partial charge in [0.25, 0.3) is 0 Å². The lowest BCUT2D eigenvalue weighted by atomic mass is 9.75. The van der Waals surface area contributed by atoms with Gasteiger partial charge in [0.1, 0.15) is 6.26 Å². The van der Waals surface area contributed by atoms with Crippen LogP contribution in [-0.4, -0.2) is 40.8 Å². The van der Waals surface area contributed by atoms with Gasteiger partial charge in [-0.2, -0.15) is 0 Å². The second-order valence-electron chi connectivity index (χ2n) is 11.1. The second-order valence-corrected chi connectivity index (χ2v) is 11.1. The standard InChI is InChI=1S/C30H39NO6/c32-27(33)16-13-21-11-4-5-12-22(21)18-23-25-14-15-26(37-25)28(23)29-31-24(19-36-29)30(34)35-17-7-6-10-20-8-2-1-3-9-20/h4-5,11-12,19-20,23,25-26,28H,1-3,6-10,13-18H2,(H,32,33)/t23-,25+,26-,28+/m1/s1. The summed E-state index contributed by atoms with van der Waals surface area (Å²) in [5.74, 6) is 0.329. The molecular formula is C30H39NO6. The lowest BCUT2D eigenvalue weighted by Gasteiger charge is -2.26. The Morgan fingerprint density at radius 2 is 1.78 bits per heavy atom. The molecule has 3 heterocycles. The van der Waals surface area contributed by atoms with E-state index in [1.807, 2.05) is 18.2 Å². The van der Waals surface area contributed by atoms with Gasteiger partial charge in [-0.25, -0.2) is 9.78 Å². The van der Waals surface area contributed by atoms with Crippen molar-refractivity contribution in [2.24, 2.45) is 11.8 Å². The predicted molar refractivity (Wildman–Crippen MR) is 137 cm³/mol. The Morgan fingerprint density at radius 1 is 1.00 bits per heavy atom. The Hall–Kier alpha value is -2.67. The monoisotopic (exact) mass is 509 g/mol. The van der Waals surface area contributed by atoms with E-state index >= 15 is 0 Å². The first-order valence-corrected chi connectivity index (χ1v) is 14.1. The van der Waals surface area contributed by atoms with Gasteiger partial charge in [0.05, 0.1) is 24.7 Å². The van der Waals surface area contributed by atoms with Crippen LogP contribution in [0.15, 0.2) is 34.9 Å². The van der Waals surface area contributed by atoms with Crippen LogP contribution in [0.2, 0.25) is 0 Å². The van der Waals surface area contributed by atoms with Gasteiger partial charge in [-0.05, 0) is 55.6 Å². The fraction of sp³-hybridized carbons (Fsp3) is 0.633. The average molecular weight is 510 g/mol. The van der Waals surface area contributed by atoms with Crippen LogP contribution in [0.1, 0.15) is 104 Å². The molecule has 3 fully saturated rings. The van der Waals surface area contributed by atoms with Crippen molar-refractivity contribution in [3.63, 3.8) is 0 Å². The fourth-order valence-electron chi connectivity index (χ4n) is 6.66. The molecule has 2 aromatic rings. The third-order valence-electron chi connectivity index (χ3n) is 8.59. The zero-order chi connectivity index (χ0) is 25.6. The molecule has 2 aliphatic heterocycles. The largest absolute Gasteiger partial charge is 0.481 e. The number of hydrogen-bond acceptors (Lipinski definition) is 6. The van der Waals surface area contributed by atoms with Crippen LogP contribution in [0.5, 0.6) is 0 Å². The first kappa shape index (κ1) is 26.0. The Kier molecular flexibility index (Phi) is 8.59. The molecule has 1 aliphatic carbocycles. The summed E-state index contributed by atoms with van der Waals surface area (Å²) < 4.78 is 17.6. The molecule has 1 aromatic carbocycles. The number of fused-ring (bicyclic) bond motifs is 2. The maximum Gasteiger partial charge on any atom is 0.360 e. The van der Waals surface area contributed by atoms with Crippen LogP contribution in [0.3, 0.4) is 0 Å². The molecule has 2 bridgehead atoms. The summed E-state index contributed by atoms with van der Waals surface area (Å²) in [6, 6.07) is 8.04. The Balaban J connectivity index is 1.17. The highest BCUT2D eigenvalue weighted by atomic mass is 16.5. The van der Waals surface area contributed by atoms with Gasteiger partial charge in [0.15, 0.2) is 5.69 Å². The number of aryl methyl sites for hydroxylation is 1. The summed E-state index contributed by atoms with van der Waals surface area (Å²) >= 11 is 0. The van der Waals surface area contributed by atoms with Crippen molar-refractivity contribution in [1.29, 1.82) is 0 Å². The molecule has 0 spiro atoms. The summed E-state index contributed by atoms with van der Waals surface area (Å²) in [5, 5.41) is 9.13. The number of oxazole rings is 1. The predicted octanol–water partition coefficient (Wildman–Crippen LogP) is 6.10. The molecule has 0 radical (unpaired) electrons. The molecule has 7 nitrogen and oxygen atoms in total. The maximum absolute atomic E-state index is 12.6. The lowest BCUT2D eigenvalue weighted by molar-refractivity contribution is -0.136. The number of nitrogens with zero attached hydrogens (tertiary/aromatic N) is 1. The minimum atomic E-state index is -0.792. The highest BCUT2D eigenvalue weighted by molar-refractivity contribution is 5.86. The number of hydrogen-bond donors (Lipinski definition) is 1. The number of carboxylic acids is 1. The fourth-order valence-corrected chi connectivity index (χ4v) is 6.66. The molecule has 1 aromatic heterocycles. The molecule has 0 amide bonds. The number of carbonyl (C=O) groups is 2. The van der Waals surface area contributed by atoms with Crippen molar-refractivity contribution in [3.05, 3.63) is 53.2 Å². The zero-order valence-electron chi connectivity index (χ0n) is 21.6. The summed E-state index contributed by atoms with van der Waals surface area (Å²) in [5.41, 5.74) is 2.44. The van der Waals surface area contributed by atoms with Gasteiger partial charge in [0, 0.05) is 12.3 Å². The second kappa shape index (κ2) is 12.2. The molecule has 5 rings (SSSR count). The molecule has 4 atom stereocenters. The van der Waals surface area contributed by atoms with E-state index in [2.05, 4.69) is 11.1 Å². The van der Waals surface area contributed by atoms with Crippen molar-refractivity contribution >= 4 is 11.9 Å². The van der Waals surface area contributed by atoms with Crippen LogP contribution >= 0.6 is 0 Å². The van der Waals surface area contributed by atoms with Gasteiger partial charge >= 0.3 is 11.9 Å². The van der Waals surface area contributed by atoms with Gasteiger partial charge in [-0.1, -0.05) is 62.8 Å². The Morgan fingerprint density at radius 3 is 2.59 bits per heavy atom. The van der Waals surface area contributed by atoms with E-state index < -0.39 is 11.9 Å². The molecule has 7 heteroatoms. The van der Waals surface area contributed by atoms with Crippen LogP contribution in [-0.2, 0) is 27.1 Å². The molecule has 2 saturated heterocycles. The van der Waals surface area contributed by atoms with Crippen molar-refractivity contribution in [1.82, 2.24) is 4.98 Å². The maximum atomic E-state index is 12.6. The number of esters is 1. The average Bonchev–Trinajstić information content (AvgIpc) is 3.65. The number of aromatic nitrogens is 1. The minimum absolute atomic E-state index is 0.0247. The van der Waals surface area contributed by atoms with Gasteiger partial charge in [0.2, 0.25) is 5.89 Å². The van der Waals surface area contributed by atoms with E-state index in [-0.39, 0.29) is 36.2 Å². The van der Waals surface area contributed by atoms with E-state index in [1.54, 1.807) is 0 Å². The van der Waals surface area contributed by atoms with Crippen molar-refractivity contribution in [2.45, 2.75) is 102 Å². The number of carboxylic acid groups (broad SMARTS) is 1. The normalized spacial score (nSPS) is 25.4. The van der Waals surface area contributed by atoms with Gasteiger partial charge in [-0.15, -0.1) is 0 Å². The van der Waals surface area contributed by atoms with Crippen LogP contribution < -0.4 is 0 Å². The molecule has 37 heavy (non-hydrogen) atoms. The SMILES string of the molecule is O=C(O)CCc1ccccc1C[C@H]1[C@H](c2nc(C(=O)OCCCCC3CCCCC3)co2)[C@H]2CC[C@@H]1O2. The highest BCUT2D eigenvalue weighted by Crippen LogP contribution is 2.50. The summed E-state index contributed by atoms with van der Waals surface area (Å²) in [6.07, 6.45) is 14.9. The Bertz CT molecular complexity index is 1060. The van der Waals surface area contributed by atoms with E-state index in [0.717, 1.165) is 49.1 Å². The van der Waals surface area contributed by atoms with E-state index in [9.17, 15) is 9.59 Å². The van der Waals surface area contributed by atoms with E-state index in [4.69, 9.17) is 19.0 Å². The molecule has 3 aliphatic rings. The highest BCUT2D eigenvalue weighted by Gasteiger charge is 2.51. The Labute approximate surface area is 218 Å². The van der Waals surface area contributed by atoms with E-state index in [0.29, 0.717) is 18.9 Å². The summed E-state index contributed by atoms with van der Waals surface area (Å²) in [4.78, 5) is 28.3. The lowest BCUT2D eigenvalue weighted by Crippen LogP contribution is -2.28. The molecular weight excluding hydrogens is 470 g/mol. The first-order chi connectivity index (χ1) is 18.1. The zero-order valence-corrected chi connectivity index (χ0v) is 21.6. The number of carbonyl (C=O) groups excluding carboxylic acids is 1. The molecule has 200 valence electrons. The first-order valence-electron chi connectivity index (χ1n) is 14.1. The van der Waals surface area contributed by atoms with Crippen molar-refractivity contribution in [2.75, 3.05) is 6.61 Å². The number of aliphatic carboxylic acids is 1. The molecule has 1 saturated carbocycles. The van der Waals surface area contributed by atoms with Crippen LogP contribution in [0.25, 0.3) is 0 Å². The van der Waals surface area contributed by atoms with Crippen molar-refractivity contribution in [3.8, 4) is 0 Å². The number of ether oxygens (including phenoxy) is 2. The quantitative estimate of drug-likeness (QED) is 0.272. The minimum Gasteiger partial charge on any atom is -0.481 e. The van der Waals surface area contributed by atoms with Gasteiger partial charge < -0.3 is 19.0 Å². The third kappa shape index (κ3) is 6.43. The summed E-state index contributed by atoms with van der Waals surface area (Å²) in [7, 11) is 0. The molecule has 1 N–H and O–H groups in total.